The van der Waals surface area contributed by atoms with Crippen LogP contribution in [0.25, 0.3) is 0 Å². The Kier molecular flexibility index (Phi) is 3.05. The van der Waals surface area contributed by atoms with Gasteiger partial charge in [0, 0.05) is 18.3 Å². The van der Waals surface area contributed by atoms with Crippen molar-refractivity contribution in [1.29, 1.82) is 0 Å². The molecule has 5 nitrogen and oxygen atoms in total. The van der Waals surface area contributed by atoms with E-state index in [0.29, 0.717) is 11.6 Å². The summed E-state index contributed by atoms with van der Waals surface area (Å²) in [7, 11) is 0. The second kappa shape index (κ2) is 4.85. The Bertz CT molecular complexity index is 607. The molecule has 0 radical (unpaired) electrons. The highest BCUT2D eigenvalue weighted by atomic mass is 35.5. The normalized spacial score (nSPS) is 16.6. The Morgan fingerprint density at radius 3 is 3.00 bits per heavy atom. The molecule has 0 saturated heterocycles. The second-order valence-electron chi connectivity index (χ2n) is 4.25. The maximum Gasteiger partial charge on any atom is 0.249 e. The minimum Gasteiger partial charge on any atom is -0.373 e. The van der Waals surface area contributed by atoms with Crippen molar-refractivity contribution in [2.75, 3.05) is 10.6 Å². The summed E-state index contributed by atoms with van der Waals surface area (Å²) in [6.45, 7) is 0. The number of aromatic nitrogens is 2. The number of nitrogens with one attached hydrogen (secondary N) is 2. The Morgan fingerprint density at radius 2 is 2.21 bits per heavy atom. The Labute approximate surface area is 115 Å². The lowest BCUT2D eigenvalue weighted by atomic mass is 10.1. The summed E-state index contributed by atoms with van der Waals surface area (Å²) >= 11 is 5.74. The summed E-state index contributed by atoms with van der Waals surface area (Å²) in [5.74, 6) is 0.0497. The van der Waals surface area contributed by atoms with Crippen molar-refractivity contribution in [3.05, 3.63) is 47.2 Å². The zero-order valence-corrected chi connectivity index (χ0v) is 10.7. The summed E-state index contributed by atoms with van der Waals surface area (Å²) in [6, 6.07) is 9.11. The predicted octanol–water partition coefficient (Wildman–Crippen LogP) is 2.11. The van der Waals surface area contributed by atoms with E-state index in [9.17, 15) is 4.79 Å². The van der Waals surface area contributed by atoms with Crippen molar-refractivity contribution in [3.8, 4) is 0 Å². The van der Waals surface area contributed by atoms with Crippen molar-refractivity contribution >= 4 is 29.1 Å². The molecule has 0 fully saturated rings. The molecule has 2 heterocycles. The van der Waals surface area contributed by atoms with Crippen LogP contribution in [0.15, 0.2) is 36.5 Å². The van der Waals surface area contributed by atoms with E-state index in [1.807, 2.05) is 24.3 Å². The van der Waals surface area contributed by atoms with Gasteiger partial charge >= 0.3 is 0 Å². The van der Waals surface area contributed by atoms with Gasteiger partial charge in [0.2, 0.25) is 11.9 Å². The monoisotopic (exact) mass is 274 g/mol. The first-order valence-electron chi connectivity index (χ1n) is 5.86. The molecule has 96 valence electrons. The van der Waals surface area contributed by atoms with E-state index < -0.39 is 0 Å². The fourth-order valence-corrected chi connectivity index (χ4v) is 2.19. The fraction of sp³-hybridized carbons (Fsp3) is 0.154. The van der Waals surface area contributed by atoms with Crippen molar-refractivity contribution in [1.82, 2.24) is 9.97 Å². The van der Waals surface area contributed by atoms with E-state index in [4.69, 9.17) is 11.6 Å². The van der Waals surface area contributed by atoms with Gasteiger partial charge in [0.05, 0.1) is 0 Å². The van der Waals surface area contributed by atoms with Gasteiger partial charge in [-0.15, -0.1) is 0 Å². The lowest BCUT2D eigenvalue weighted by Gasteiger charge is -2.10. The minimum atomic E-state index is -0.306. The van der Waals surface area contributed by atoms with Crippen LogP contribution in [0.3, 0.4) is 0 Å². The van der Waals surface area contributed by atoms with Gasteiger partial charge in [0.1, 0.15) is 11.2 Å². The lowest BCUT2D eigenvalue weighted by molar-refractivity contribution is -0.116. The number of hydrogen-bond donors (Lipinski definition) is 2. The van der Waals surface area contributed by atoms with Crippen LogP contribution >= 0.6 is 11.6 Å². The number of hydrogen-bond acceptors (Lipinski definition) is 4. The quantitative estimate of drug-likeness (QED) is 0.823. The fourth-order valence-electron chi connectivity index (χ4n) is 2.05. The van der Waals surface area contributed by atoms with Crippen molar-refractivity contribution in [2.24, 2.45) is 0 Å². The van der Waals surface area contributed by atoms with Gasteiger partial charge in [-0.1, -0.05) is 29.8 Å². The van der Waals surface area contributed by atoms with Gasteiger partial charge in [-0.2, -0.15) is 0 Å². The van der Waals surface area contributed by atoms with E-state index >= 15 is 0 Å². The number of benzene rings is 1. The molecule has 2 aromatic rings. The van der Waals surface area contributed by atoms with Crippen LogP contribution in [0.5, 0.6) is 0 Å². The Morgan fingerprint density at radius 1 is 1.37 bits per heavy atom. The number of halogens is 1. The van der Waals surface area contributed by atoms with Crippen LogP contribution in [-0.2, 0) is 11.2 Å². The van der Waals surface area contributed by atoms with E-state index in [1.165, 1.54) is 6.20 Å². The van der Waals surface area contributed by atoms with Gasteiger partial charge < -0.3 is 5.32 Å². The van der Waals surface area contributed by atoms with Crippen LogP contribution in [-0.4, -0.2) is 21.9 Å². The highest BCUT2D eigenvalue weighted by Gasteiger charge is 2.26. The van der Waals surface area contributed by atoms with Crippen LogP contribution in [0.2, 0.25) is 5.15 Å². The van der Waals surface area contributed by atoms with Gasteiger partial charge in [0.15, 0.2) is 0 Å². The molecule has 1 atom stereocenters. The number of carbonyl (C=O) groups excluding carboxylic acids is 1. The number of carbonyl (C=O) groups is 1. The summed E-state index contributed by atoms with van der Waals surface area (Å²) in [6.07, 6.45) is 2.16. The standard InChI is InChI=1S/C13H11ClN4O/c14-11-5-6-15-13(17-11)18-12(19)10-7-8-3-1-2-4-9(8)16-10/h1-6,10,16H,7H2,(H,15,17,18,19)/t10-/m0/s1. The van der Waals surface area contributed by atoms with Crippen LogP contribution in [0.1, 0.15) is 5.56 Å². The highest BCUT2D eigenvalue weighted by molar-refractivity contribution is 6.29. The number of anilines is 2. The lowest BCUT2D eigenvalue weighted by Crippen LogP contribution is -2.33. The maximum atomic E-state index is 12.1. The maximum absolute atomic E-state index is 12.1. The van der Waals surface area contributed by atoms with Crippen molar-refractivity contribution in [2.45, 2.75) is 12.5 Å². The molecule has 0 unspecified atom stereocenters. The average molecular weight is 275 g/mol. The molecule has 2 N–H and O–H groups in total. The van der Waals surface area contributed by atoms with Gasteiger partial charge in [-0.25, -0.2) is 9.97 Å². The smallest absolute Gasteiger partial charge is 0.249 e. The minimum absolute atomic E-state index is 0.168. The first-order valence-corrected chi connectivity index (χ1v) is 6.24. The predicted molar refractivity (Wildman–Crippen MR) is 73.2 cm³/mol. The summed E-state index contributed by atoms with van der Waals surface area (Å²) in [4.78, 5) is 20.0. The number of nitrogens with zero attached hydrogens (tertiary/aromatic N) is 2. The molecule has 0 saturated carbocycles. The summed E-state index contributed by atoms with van der Waals surface area (Å²) in [5.41, 5.74) is 2.13. The molecule has 0 bridgehead atoms. The third-order valence-electron chi connectivity index (χ3n) is 2.94. The third-order valence-corrected chi connectivity index (χ3v) is 3.15. The number of amides is 1. The zero-order chi connectivity index (χ0) is 13.2. The van der Waals surface area contributed by atoms with Crippen LogP contribution < -0.4 is 10.6 Å². The molecule has 1 aromatic heterocycles. The van der Waals surface area contributed by atoms with Crippen LogP contribution in [0.4, 0.5) is 11.6 Å². The molecule has 1 amide bonds. The summed E-state index contributed by atoms with van der Waals surface area (Å²) in [5, 5.41) is 6.12. The summed E-state index contributed by atoms with van der Waals surface area (Å²) < 4.78 is 0. The largest absolute Gasteiger partial charge is 0.373 e. The Hall–Kier alpha value is -2.14. The highest BCUT2D eigenvalue weighted by Crippen LogP contribution is 2.25. The topological polar surface area (TPSA) is 66.9 Å². The second-order valence-corrected chi connectivity index (χ2v) is 4.64. The number of para-hydroxylation sites is 1. The zero-order valence-electron chi connectivity index (χ0n) is 9.93. The molecule has 3 rings (SSSR count). The molecule has 6 heteroatoms. The molecule has 1 aromatic carbocycles. The number of rotatable bonds is 2. The molecule has 1 aliphatic heterocycles. The number of fused-ring (bicyclic) bond motifs is 1. The third kappa shape index (κ3) is 2.51. The van der Waals surface area contributed by atoms with Gasteiger partial charge in [0.25, 0.3) is 0 Å². The SMILES string of the molecule is O=C(Nc1nccc(Cl)n1)[C@@H]1Cc2ccccc2N1. The van der Waals surface area contributed by atoms with Gasteiger partial charge in [-0.05, 0) is 17.7 Å². The van der Waals surface area contributed by atoms with E-state index in [0.717, 1.165) is 11.3 Å². The molecule has 0 aliphatic carbocycles. The van der Waals surface area contributed by atoms with Crippen LogP contribution in [0, 0.1) is 0 Å². The molecule has 1 aliphatic rings. The molecular weight excluding hydrogens is 264 g/mol. The van der Waals surface area contributed by atoms with E-state index in [-0.39, 0.29) is 17.9 Å². The van der Waals surface area contributed by atoms with Crippen molar-refractivity contribution < 1.29 is 4.79 Å². The average Bonchev–Trinajstić information content (AvgIpc) is 2.82. The first kappa shape index (κ1) is 11.9. The van der Waals surface area contributed by atoms with E-state index in [1.54, 1.807) is 6.07 Å². The Balaban J connectivity index is 1.70. The molecular formula is C13H11ClN4O. The van der Waals surface area contributed by atoms with E-state index in [2.05, 4.69) is 20.6 Å². The van der Waals surface area contributed by atoms with Gasteiger partial charge in [-0.3, -0.25) is 10.1 Å². The van der Waals surface area contributed by atoms with Crippen molar-refractivity contribution in [3.63, 3.8) is 0 Å². The molecule has 19 heavy (non-hydrogen) atoms. The molecule has 0 spiro atoms. The first-order chi connectivity index (χ1) is 9.22.